The van der Waals surface area contributed by atoms with Gasteiger partial charge in [0.15, 0.2) is 5.82 Å². The highest BCUT2D eigenvalue weighted by Gasteiger charge is 2.43. The fraction of sp³-hybridized carbons (Fsp3) is 0.462. The fourth-order valence-corrected chi connectivity index (χ4v) is 8.55. The van der Waals surface area contributed by atoms with Gasteiger partial charge in [-0.15, -0.1) is 0 Å². The summed E-state index contributed by atoms with van der Waals surface area (Å²) >= 11 is 0. The number of piperidine rings is 1. The molecule has 12 heteroatoms. The molecule has 5 atom stereocenters. The van der Waals surface area contributed by atoms with Crippen LogP contribution in [0.15, 0.2) is 54.7 Å². The zero-order valence-corrected chi connectivity index (χ0v) is 29.4. The number of alkyl halides is 1. The molecule has 2 fully saturated rings. The first-order chi connectivity index (χ1) is 24.7. The predicted molar refractivity (Wildman–Crippen MR) is 193 cm³/mol. The molecule has 2 aliphatic heterocycles. The van der Waals surface area contributed by atoms with E-state index in [1.165, 1.54) is 6.20 Å². The van der Waals surface area contributed by atoms with Gasteiger partial charge in [-0.3, -0.25) is 14.6 Å². The van der Waals surface area contributed by atoms with Crippen LogP contribution in [0.2, 0.25) is 0 Å². The van der Waals surface area contributed by atoms with Crippen molar-refractivity contribution in [3.05, 3.63) is 71.7 Å². The van der Waals surface area contributed by atoms with E-state index >= 15 is 4.39 Å². The Kier molecular flexibility index (Phi) is 8.52. The Balaban J connectivity index is 1.17. The molecule has 8 rings (SSSR count). The smallest absolute Gasteiger partial charge is 0.264 e. The molecule has 4 aromatic heterocycles. The second-order valence-electron chi connectivity index (χ2n) is 14.6. The van der Waals surface area contributed by atoms with E-state index in [4.69, 9.17) is 20.4 Å². The van der Waals surface area contributed by atoms with Gasteiger partial charge in [0.05, 0.1) is 35.8 Å². The van der Waals surface area contributed by atoms with Crippen LogP contribution in [0.25, 0.3) is 33.6 Å². The zero-order chi connectivity index (χ0) is 35.4. The lowest BCUT2D eigenvalue weighted by atomic mass is 9.92. The number of nitrogens with one attached hydrogen (secondary N) is 1. The molecule has 3 N–H and O–H groups in total. The molecule has 0 unspecified atom stereocenters. The topological polar surface area (TPSA) is 133 Å². The van der Waals surface area contributed by atoms with E-state index in [0.29, 0.717) is 48.0 Å². The van der Waals surface area contributed by atoms with Crippen LogP contribution in [-0.4, -0.2) is 66.5 Å². The van der Waals surface area contributed by atoms with Crippen LogP contribution in [-0.2, 0) is 24.1 Å². The molecule has 51 heavy (non-hydrogen) atoms. The van der Waals surface area contributed by atoms with Crippen molar-refractivity contribution in [2.75, 3.05) is 13.7 Å². The van der Waals surface area contributed by atoms with Crippen molar-refractivity contribution in [1.29, 1.82) is 0 Å². The van der Waals surface area contributed by atoms with Crippen LogP contribution >= 0.6 is 0 Å². The third-order valence-electron chi connectivity index (χ3n) is 11.4. The molecule has 0 radical (unpaired) electrons. The van der Waals surface area contributed by atoms with Gasteiger partial charge in [-0.1, -0.05) is 18.9 Å². The summed E-state index contributed by atoms with van der Waals surface area (Å²) in [5.41, 5.74) is 8.66. The first-order valence-electron chi connectivity index (χ1n) is 18.2. The predicted octanol–water partition coefficient (Wildman–Crippen LogP) is 5.95. The Bertz CT molecular complexity index is 2130. The molecule has 5 aromatic rings. The minimum absolute atomic E-state index is 0.00162. The number of rotatable bonds is 4. The van der Waals surface area contributed by atoms with Crippen LogP contribution in [0.4, 0.5) is 4.39 Å². The largest absolute Gasteiger partial charge is 0.494 e. The summed E-state index contributed by atoms with van der Waals surface area (Å²) in [6, 6.07) is 14.3. The molecule has 3 aliphatic rings. The van der Waals surface area contributed by atoms with Gasteiger partial charge < -0.3 is 29.8 Å². The van der Waals surface area contributed by atoms with Crippen LogP contribution in [0.5, 0.6) is 5.75 Å². The lowest BCUT2D eigenvalue weighted by molar-refractivity contribution is -0.135. The molecule has 0 spiro atoms. The van der Waals surface area contributed by atoms with Gasteiger partial charge in [0.2, 0.25) is 5.67 Å². The van der Waals surface area contributed by atoms with Gasteiger partial charge in [0.25, 0.3) is 11.8 Å². The van der Waals surface area contributed by atoms with Crippen molar-refractivity contribution in [3.63, 3.8) is 0 Å². The molecule has 266 valence electrons. The number of nitrogens with zero attached hydrogens (tertiary/aromatic N) is 6. The van der Waals surface area contributed by atoms with Gasteiger partial charge in [-0.05, 0) is 93.8 Å². The zero-order valence-electron chi connectivity index (χ0n) is 29.4. The molecule has 6 heterocycles. The number of hydrogen-bond donors (Lipinski definition) is 2. The summed E-state index contributed by atoms with van der Waals surface area (Å²) in [5, 5.41) is 3.83. The number of aromatic nitrogens is 5. The summed E-state index contributed by atoms with van der Waals surface area (Å²) in [7, 11) is 3.58. The van der Waals surface area contributed by atoms with E-state index < -0.39 is 17.6 Å². The third kappa shape index (κ3) is 5.73. The second-order valence-corrected chi connectivity index (χ2v) is 14.6. The highest BCUT2D eigenvalue weighted by atomic mass is 19.1. The van der Waals surface area contributed by atoms with E-state index in [9.17, 15) is 9.59 Å². The van der Waals surface area contributed by atoms with E-state index in [0.717, 1.165) is 66.6 Å². The number of likely N-dealkylation sites (tertiary alicyclic amines) is 1. The van der Waals surface area contributed by atoms with Crippen molar-refractivity contribution < 1.29 is 18.7 Å². The minimum Gasteiger partial charge on any atom is -0.494 e. The van der Waals surface area contributed by atoms with Crippen LogP contribution < -0.4 is 15.8 Å². The lowest BCUT2D eigenvalue weighted by Gasteiger charge is -2.37. The maximum atomic E-state index is 16.5. The maximum Gasteiger partial charge on any atom is 0.264 e. The van der Waals surface area contributed by atoms with E-state index in [1.807, 2.05) is 47.7 Å². The molecular formula is C39H45FN8O3. The average molecular weight is 693 g/mol. The number of imidazole rings is 1. The lowest BCUT2D eigenvalue weighted by Crippen LogP contribution is -2.51. The standard InChI is InChI=1S/C39H45FN8O3/c1-23-29-14-12-25-20-31(47(35(25)44-29)17-9-5-4-7-15-39(40,38(50)43-23)33-10-6-8-16-42-33)36-45-30-19-26(21-32(51-3)34(30)46(36)2)37(49)48-22-28(41)24-11-13-27(48)18-24/h6,8,10,12,14,16,19-21,23-24,27-28H,4-5,7,9,11,13,15,17-18,22,41H2,1-3H3,(H,43,50)/t23-,24-,27+,28+,39+/m1/s1. The summed E-state index contributed by atoms with van der Waals surface area (Å²) in [6.07, 6.45) is 7.58. The van der Waals surface area contributed by atoms with Crippen molar-refractivity contribution in [3.8, 4) is 17.3 Å². The van der Waals surface area contributed by atoms with Crippen molar-refractivity contribution in [1.82, 2.24) is 34.3 Å². The molecule has 11 nitrogen and oxygen atoms in total. The Labute approximate surface area is 296 Å². The van der Waals surface area contributed by atoms with Crippen LogP contribution in [0.3, 0.4) is 0 Å². The van der Waals surface area contributed by atoms with Gasteiger partial charge in [-0.2, -0.15) is 0 Å². The number of fused-ring (bicyclic) bond motifs is 4. The second kappa shape index (κ2) is 13.0. The van der Waals surface area contributed by atoms with Crippen LogP contribution in [0.1, 0.15) is 86.1 Å². The number of halogens is 1. The number of carbonyl (C=O) groups excluding carboxylic acids is 2. The van der Waals surface area contributed by atoms with Gasteiger partial charge in [0.1, 0.15) is 16.9 Å². The summed E-state index contributed by atoms with van der Waals surface area (Å²) in [5.74, 6) is 1.07. The molecule has 1 aromatic carbocycles. The first kappa shape index (κ1) is 33.3. The van der Waals surface area contributed by atoms with Gasteiger partial charge in [-0.25, -0.2) is 14.4 Å². The first-order valence-corrected chi connectivity index (χ1v) is 18.2. The Morgan fingerprint density at radius 1 is 1.08 bits per heavy atom. The normalized spacial score (nSPS) is 25.7. The van der Waals surface area contributed by atoms with Crippen molar-refractivity contribution >= 4 is 33.9 Å². The monoisotopic (exact) mass is 692 g/mol. The number of carbonyl (C=O) groups is 2. The maximum absolute atomic E-state index is 16.5. The quantitative estimate of drug-likeness (QED) is 0.238. The third-order valence-corrected chi connectivity index (χ3v) is 11.4. The van der Waals surface area contributed by atoms with E-state index in [2.05, 4.69) is 20.9 Å². The number of nitrogens with two attached hydrogens (primary N) is 1. The number of benzene rings is 1. The number of methoxy groups -OCH3 is 1. The van der Waals surface area contributed by atoms with Gasteiger partial charge in [0, 0.05) is 49.4 Å². The highest BCUT2D eigenvalue weighted by Crippen LogP contribution is 2.39. The number of aryl methyl sites for hydroxylation is 2. The molecule has 1 saturated carbocycles. The Morgan fingerprint density at radius 3 is 2.73 bits per heavy atom. The van der Waals surface area contributed by atoms with Gasteiger partial charge >= 0.3 is 0 Å². The minimum atomic E-state index is -2.23. The Hall–Kier alpha value is -4.84. The van der Waals surface area contributed by atoms with Crippen molar-refractivity contribution in [2.24, 2.45) is 18.7 Å². The molecule has 1 aliphatic carbocycles. The number of hydrogen-bond acceptors (Lipinski definition) is 7. The fourth-order valence-electron chi connectivity index (χ4n) is 8.55. The molecule has 2 amide bonds. The molecule has 4 bridgehead atoms. The SMILES string of the molecule is COc1cc(C(=O)N2C[C@H](N)[C@@H]3CC[C@H]2C3)cc2nc(-c3cc4ccc5nc4n3CCCCCC[C@](F)(c3ccccn3)C(=O)N[C@@H]5C)n(C)c12. The number of pyridine rings is 2. The summed E-state index contributed by atoms with van der Waals surface area (Å²) in [4.78, 5) is 43.8. The summed E-state index contributed by atoms with van der Waals surface area (Å²) in [6.45, 7) is 3.07. The van der Waals surface area contributed by atoms with Crippen LogP contribution in [0, 0.1) is 5.92 Å². The summed E-state index contributed by atoms with van der Waals surface area (Å²) < 4.78 is 26.6. The number of ether oxygens (including phenoxy) is 1. The molecule has 1 saturated heterocycles. The average Bonchev–Trinajstić information content (AvgIpc) is 3.84. The van der Waals surface area contributed by atoms with E-state index in [1.54, 1.807) is 25.3 Å². The van der Waals surface area contributed by atoms with E-state index in [-0.39, 0.29) is 30.1 Å². The highest BCUT2D eigenvalue weighted by molar-refractivity contribution is 6.00. The molecular weight excluding hydrogens is 647 g/mol. The van der Waals surface area contributed by atoms with Crippen molar-refractivity contribution in [2.45, 2.75) is 88.6 Å². The number of amides is 2. The Morgan fingerprint density at radius 2 is 1.92 bits per heavy atom.